The number of hydrogen-bond acceptors (Lipinski definition) is 13. The minimum atomic E-state index is -5.40. The Bertz CT molecular complexity index is 2280. The molecule has 2 amide bonds. The number of hydrogen-bond donors (Lipinski definition) is 4. The predicted molar refractivity (Wildman–Crippen MR) is 172 cm³/mol. The van der Waals surface area contributed by atoms with E-state index in [0.717, 1.165) is 30.3 Å². The molecule has 19 heteroatoms. The molecule has 1 saturated heterocycles. The van der Waals surface area contributed by atoms with E-state index in [1.54, 1.807) is 0 Å². The molecule has 2 aromatic carbocycles. The molecule has 2 aromatic rings. The molecule has 0 bridgehead atoms. The smallest absolute Gasteiger partial charge is 0.363 e. The second-order valence-corrected chi connectivity index (χ2v) is 13.4. The number of anilines is 1. The van der Waals surface area contributed by atoms with E-state index in [2.05, 4.69) is 25.7 Å². The molecule has 3 aliphatic rings. The Kier molecular flexibility index (Phi) is 10.8. The van der Waals surface area contributed by atoms with Crippen molar-refractivity contribution in [2.45, 2.75) is 43.4 Å². The lowest BCUT2D eigenvalue weighted by Gasteiger charge is -2.21. The zero-order valence-electron chi connectivity index (χ0n) is 26.8. The molecule has 1 aliphatic carbocycles. The summed E-state index contributed by atoms with van der Waals surface area (Å²) in [4.78, 5) is 53.9. The molecule has 0 aromatic heterocycles. The number of hydroxylamine groups is 2. The Balaban J connectivity index is 0.000000727. The van der Waals surface area contributed by atoms with E-state index < -0.39 is 87.3 Å². The Morgan fingerprint density at radius 2 is 1.54 bits per heavy atom. The summed E-state index contributed by atoms with van der Waals surface area (Å²) in [5.74, 6) is -5.21. The van der Waals surface area contributed by atoms with Crippen LogP contribution in [-0.4, -0.2) is 84.4 Å². The summed E-state index contributed by atoms with van der Waals surface area (Å²) in [7, 11) is -10.6. The van der Waals surface area contributed by atoms with Crippen LogP contribution in [0.25, 0.3) is 33.4 Å². The van der Waals surface area contributed by atoms with Gasteiger partial charge in [-0.2, -0.15) is 8.42 Å². The van der Waals surface area contributed by atoms with Gasteiger partial charge in [-0.05, 0) is 55.5 Å². The molecule has 266 valence electrons. The highest BCUT2D eigenvalue weighted by Crippen LogP contribution is 2.45. The van der Waals surface area contributed by atoms with Crippen LogP contribution in [0, 0.1) is 0 Å². The maximum atomic E-state index is 12.7. The highest BCUT2D eigenvalue weighted by Gasteiger charge is 2.35. The lowest BCUT2D eigenvalue weighted by molar-refractivity contribution is -0.176. The first-order valence-electron chi connectivity index (χ1n) is 14.9. The van der Waals surface area contributed by atoms with Gasteiger partial charge >= 0.3 is 22.1 Å². The van der Waals surface area contributed by atoms with Crippen LogP contribution in [0.3, 0.4) is 0 Å². The van der Waals surface area contributed by atoms with Crippen LogP contribution in [0.2, 0.25) is 0 Å². The van der Waals surface area contributed by atoms with Gasteiger partial charge in [0.05, 0.1) is 16.8 Å². The predicted octanol–water partition coefficient (Wildman–Crippen LogP) is 0.865. The van der Waals surface area contributed by atoms with Crippen molar-refractivity contribution < 1.29 is 64.9 Å². The van der Waals surface area contributed by atoms with Gasteiger partial charge in [0.1, 0.15) is 15.0 Å². The number of carboxylic acid groups (broad SMARTS) is 1. The number of imide groups is 1. The fourth-order valence-electron chi connectivity index (χ4n) is 5.34. The number of carbonyl (C=O) groups excluding carboxylic acids is 3. The zero-order valence-corrected chi connectivity index (χ0v) is 28.5. The number of nitrogen functional groups attached to an aromatic ring is 1. The van der Waals surface area contributed by atoms with Crippen molar-refractivity contribution in [2.24, 2.45) is 0 Å². The van der Waals surface area contributed by atoms with Crippen molar-refractivity contribution in [1.82, 2.24) is 9.96 Å². The van der Waals surface area contributed by atoms with Crippen LogP contribution in [0.4, 0.5) is 5.69 Å². The Labute approximate surface area is 285 Å². The summed E-state index contributed by atoms with van der Waals surface area (Å²) in [5, 5.41) is 15.4. The van der Waals surface area contributed by atoms with Crippen LogP contribution in [-0.2, 0) is 34.7 Å². The topological polar surface area (TPSA) is 281 Å². The van der Waals surface area contributed by atoms with Crippen molar-refractivity contribution >= 4 is 60.6 Å². The molecule has 2 aliphatic heterocycles. The van der Waals surface area contributed by atoms with E-state index >= 15 is 0 Å². The number of aromatic carboxylic acids is 1. The molecule has 6 N–H and O–H groups in total. The number of nitrogens with zero attached hydrogens (tertiary/aromatic N) is 2. The quantitative estimate of drug-likeness (QED) is 0.0804. The van der Waals surface area contributed by atoms with Gasteiger partial charge in [-0.1, -0.05) is 26.8 Å². The third kappa shape index (κ3) is 7.36. The highest BCUT2D eigenvalue weighted by atomic mass is 32.2. The third-order valence-corrected chi connectivity index (χ3v) is 9.67. The average molecular weight is 733 g/mol. The van der Waals surface area contributed by atoms with E-state index in [-0.39, 0.29) is 40.0 Å². The van der Waals surface area contributed by atoms with Gasteiger partial charge in [-0.15, -0.1) is 5.06 Å². The Hall–Kier alpha value is -5.21. The molecule has 5 rings (SSSR count). The average Bonchev–Trinajstić information content (AvgIpc) is 3.35. The number of rotatable bonds is 9. The lowest BCUT2D eigenvalue weighted by Crippen LogP contribution is -2.47. The zero-order chi connectivity index (χ0) is 37.3. The molecule has 50 heavy (non-hydrogen) atoms. The minimum absolute atomic E-state index is 0.188. The normalized spacial score (nSPS) is 13.5. The fourth-order valence-corrected chi connectivity index (χ4v) is 6.83. The van der Waals surface area contributed by atoms with Crippen molar-refractivity contribution in [1.29, 1.82) is 0 Å². The van der Waals surface area contributed by atoms with Gasteiger partial charge in [0.15, 0.2) is 11.3 Å². The van der Waals surface area contributed by atoms with Gasteiger partial charge < -0.3 is 29.5 Å². The molecule has 1 fully saturated rings. The molecule has 0 spiro atoms. The SMILES string of the molecule is CCN(CC)CC.Nc1ccc2c(-c3ccc(C(=O)ON4C(=O)CCC4=O)cc3C(=O)O)c3ccc(=[NH2+])c(S(=O)(=O)O)c-3oc2c1S(=O)(=O)[O-]. The van der Waals surface area contributed by atoms with Crippen molar-refractivity contribution in [3.05, 3.63) is 58.9 Å². The van der Waals surface area contributed by atoms with Crippen molar-refractivity contribution in [3.63, 3.8) is 0 Å². The number of carboxylic acids is 1. The van der Waals surface area contributed by atoms with E-state index in [9.17, 15) is 50.2 Å². The minimum Gasteiger partial charge on any atom is -0.744 e. The fraction of sp³-hybridized carbons (Fsp3) is 0.258. The molecule has 0 atom stereocenters. The molecular formula is C31H32N4O13S2. The second kappa shape index (κ2) is 14.3. The number of fused-ring (bicyclic) bond motifs is 2. The monoisotopic (exact) mass is 732 g/mol. The Morgan fingerprint density at radius 3 is 2.04 bits per heavy atom. The number of nitrogens with two attached hydrogens (primary N) is 2. The van der Waals surface area contributed by atoms with Crippen molar-refractivity contribution in [2.75, 3.05) is 25.4 Å². The third-order valence-electron chi connectivity index (χ3n) is 7.81. The summed E-state index contributed by atoms with van der Waals surface area (Å²) in [6, 6.07) is 7.41. The molecule has 17 nitrogen and oxygen atoms in total. The first-order chi connectivity index (χ1) is 23.3. The first-order valence-corrected chi connectivity index (χ1v) is 17.7. The molecule has 0 saturated carbocycles. The van der Waals surface area contributed by atoms with Crippen LogP contribution < -0.4 is 16.5 Å². The summed E-state index contributed by atoms with van der Waals surface area (Å²) in [6.07, 6.45) is -0.376. The van der Waals surface area contributed by atoms with Gasteiger partial charge in [0.25, 0.3) is 11.8 Å². The highest BCUT2D eigenvalue weighted by molar-refractivity contribution is 7.86. The van der Waals surface area contributed by atoms with E-state index in [1.165, 1.54) is 31.8 Å². The van der Waals surface area contributed by atoms with Gasteiger partial charge in [-0.25, -0.2) is 18.0 Å². The molecule has 2 heterocycles. The Morgan fingerprint density at radius 1 is 0.960 bits per heavy atom. The van der Waals surface area contributed by atoms with Crippen LogP contribution >= 0.6 is 0 Å². The van der Waals surface area contributed by atoms with Crippen molar-refractivity contribution in [3.8, 4) is 22.5 Å². The van der Waals surface area contributed by atoms with Gasteiger partial charge in [-0.3, -0.25) is 19.6 Å². The van der Waals surface area contributed by atoms with E-state index in [0.29, 0.717) is 0 Å². The largest absolute Gasteiger partial charge is 0.744 e. The first kappa shape index (κ1) is 37.6. The maximum Gasteiger partial charge on any atom is 0.363 e. The van der Waals surface area contributed by atoms with E-state index in [1.807, 2.05) is 0 Å². The standard InChI is InChI=1S/C25H17N3O13S2.C6H15N/c26-15-5-3-12-19(11-2-1-10(9-14(11)24(31)32)25(33)41-28-17(29)7-8-18(28)30)13-4-6-16(27)23(43(37,38)39)21(13)40-20(12)22(15)42(34,35)36;1-4-7(5-2)6-3/h1-6,9,26H,7-8,27H2,(H,31,32)(H,34,35,36)(H,37,38,39);4-6H2,1-3H3. The molecule has 0 radical (unpaired) electrons. The number of benzene rings is 3. The maximum absolute atomic E-state index is 12.7. The molecule has 0 unspecified atom stereocenters. The van der Waals surface area contributed by atoms with Gasteiger partial charge in [0.2, 0.25) is 10.3 Å². The number of carbonyl (C=O) groups is 4. The summed E-state index contributed by atoms with van der Waals surface area (Å²) in [5.41, 5.74) is 2.66. The lowest BCUT2D eigenvalue weighted by atomic mass is 9.89. The second-order valence-electron chi connectivity index (χ2n) is 10.8. The number of amides is 2. The molecular weight excluding hydrogens is 700 g/mol. The van der Waals surface area contributed by atoms with Gasteiger partial charge in [0, 0.05) is 35.4 Å². The van der Waals surface area contributed by atoms with E-state index in [4.69, 9.17) is 20.4 Å². The van der Waals surface area contributed by atoms with Crippen LogP contribution in [0.5, 0.6) is 0 Å². The summed E-state index contributed by atoms with van der Waals surface area (Å²) < 4.78 is 76.7. The van der Waals surface area contributed by atoms with Crippen LogP contribution in [0.1, 0.15) is 54.3 Å². The summed E-state index contributed by atoms with van der Waals surface area (Å²) in [6.45, 7) is 10.1. The van der Waals surface area contributed by atoms with Crippen LogP contribution in [0.15, 0.2) is 56.7 Å². The summed E-state index contributed by atoms with van der Waals surface area (Å²) >= 11 is 0.